The molecule has 19 heavy (non-hydrogen) atoms. The Labute approximate surface area is 110 Å². The molecule has 0 saturated heterocycles. The van der Waals surface area contributed by atoms with Crippen molar-refractivity contribution in [2.24, 2.45) is 11.7 Å². The summed E-state index contributed by atoms with van der Waals surface area (Å²) in [6.45, 7) is 0. The van der Waals surface area contributed by atoms with Crippen molar-refractivity contribution in [3.63, 3.8) is 0 Å². The van der Waals surface area contributed by atoms with E-state index in [1.54, 1.807) is 12.1 Å². The standard InChI is InChI=1S/C15H16FNO2/c16-10-5-6-13-9(7-10)8-14(19-13)15(18)11-3-1-2-4-12(11)17/h5-8,11-12H,1-4,17H2. The highest BCUT2D eigenvalue weighted by Crippen LogP contribution is 2.29. The number of nitrogens with two attached hydrogens (primary N) is 1. The van der Waals surface area contributed by atoms with Crippen molar-refractivity contribution in [3.05, 3.63) is 35.8 Å². The van der Waals surface area contributed by atoms with Gasteiger partial charge in [-0.05, 0) is 37.1 Å². The van der Waals surface area contributed by atoms with Crippen LogP contribution in [0.1, 0.15) is 36.2 Å². The summed E-state index contributed by atoms with van der Waals surface area (Å²) in [6.07, 6.45) is 3.80. The van der Waals surface area contributed by atoms with E-state index in [0.717, 1.165) is 25.7 Å². The fraction of sp³-hybridized carbons (Fsp3) is 0.400. The number of hydrogen-bond donors (Lipinski definition) is 1. The van der Waals surface area contributed by atoms with E-state index in [1.165, 1.54) is 12.1 Å². The van der Waals surface area contributed by atoms with Crippen molar-refractivity contribution < 1.29 is 13.6 Å². The molecule has 100 valence electrons. The van der Waals surface area contributed by atoms with Gasteiger partial charge < -0.3 is 10.2 Å². The molecule has 2 atom stereocenters. The average molecular weight is 261 g/mol. The molecule has 1 fully saturated rings. The molecule has 0 spiro atoms. The van der Waals surface area contributed by atoms with Gasteiger partial charge in [-0.25, -0.2) is 4.39 Å². The molecule has 3 rings (SSSR count). The first-order valence-electron chi connectivity index (χ1n) is 6.64. The van der Waals surface area contributed by atoms with Gasteiger partial charge in [-0.2, -0.15) is 0 Å². The van der Waals surface area contributed by atoms with Crippen molar-refractivity contribution in [3.8, 4) is 0 Å². The first-order valence-corrected chi connectivity index (χ1v) is 6.64. The van der Waals surface area contributed by atoms with Crippen LogP contribution < -0.4 is 5.73 Å². The van der Waals surface area contributed by atoms with Gasteiger partial charge in [0, 0.05) is 17.3 Å². The smallest absolute Gasteiger partial charge is 0.202 e. The Hall–Kier alpha value is -1.68. The number of halogens is 1. The molecule has 1 aliphatic rings. The Morgan fingerprint density at radius 1 is 1.26 bits per heavy atom. The highest BCUT2D eigenvalue weighted by atomic mass is 19.1. The molecule has 0 bridgehead atoms. The number of carbonyl (C=O) groups is 1. The van der Waals surface area contributed by atoms with E-state index in [1.807, 2.05) is 0 Å². The second-order valence-corrected chi connectivity index (χ2v) is 5.21. The van der Waals surface area contributed by atoms with Crippen LogP contribution in [0.4, 0.5) is 4.39 Å². The minimum absolute atomic E-state index is 0.0520. The fourth-order valence-electron chi connectivity index (χ4n) is 2.80. The van der Waals surface area contributed by atoms with E-state index in [-0.39, 0.29) is 23.6 Å². The number of carbonyl (C=O) groups excluding carboxylic acids is 1. The van der Waals surface area contributed by atoms with Crippen LogP contribution >= 0.6 is 0 Å². The molecule has 2 unspecified atom stereocenters. The minimum atomic E-state index is -0.332. The van der Waals surface area contributed by atoms with Crippen molar-refractivity contribution in [2.75, 3.05) is 0 Å². The zero-order chi connectivity index (χ0) is 13.4. The van der Waals surface area contributed by atoms with Gasteiger partial charge in [0.1, 0.15) is 11.4 Å². The van der Waals surface area contributed by atoms with Crippen molar-refractivity contribution >= 4 is 16.8 Å². The molecule has 1 aliphatic carbocycles. The second kappa shape index (κ2) is 4.78. The maximum absolute atomic E-state index is 13.1. The number of Topliss-reactive ketones (excluding diaryl/α,β-unsaturated/α-hetero) is 1. The zero-order valence-corrected chi connectivity index (χ0v) is 10.6. The van der Waals surface area contributed by atoms with E-state index in [0.29, 0.717) is 16.7 Å². The van der Waals surface area contributed by atoms with Crippen LogP contribution in [0.2, 0.25) is 0 Å². The van der Waals surface area contributed by atoms with Gasteiger partial charge in [0.25, 0.3) is 0 Å². The summed E-state index contributed by atoms with van der Waals surface area (Å²) in [5.74, 6) is -0.257. The summed E-state index contributed by atoms with van der Waals surface area (Å²) in [7, 11) is 0. The SMILES string of the molecule is NC1CCCCC1C(=O)c1cc2cc(F)ccc2o1. The summed E-state index contributed by atoms with van der Waals surface area (Å²) in [5, 5.41) is 0.618. The summed E-state index contributed by atoms with van der Waals surface area (Å²) < 4.78 is 18.6. The molecule has 1 aromatic heterocycles. The fourth-order valence-corrected chi connectivity index (χ4v) is 2.80. The van der Waals surface area contributed by atoms with Crippen molar-refractivity contribution in [1.82, 2.24) is 0 Å². The lowest BCUT2D eigenvalue weighted by Gasteiger charge is -2.26. The van der Waals surface area contributed by atoms with Gasteiger partial charge in [0.2, 0.25) is 5.78 Å². The van der Waals surface area contributed by atoms with Gasteiger partial charge >= 0.3 is 0 Å². The lowest BCUT2D eigenvalue weighted by Crippen LogP contribution is -2.37. The predicted molar refractivity (Wildman–Crippen MR) is 70.4 cm³/mol. The maximum Gasteiger partial charge on any atom is 0.202 e. The van der Waals surface area contributed by atoms with Crippen LogP contribution in [0, 0.1) is 11.7 Å². The summed E-state index contributed by atoms with van der Waals surface area (Å²) in [4.78, 5) is 12.4. The van der Waals surface area contributed by atoms with Crippen LogP contribution in [0.25, 0.3) is 11.0 Å². The lowest BCUT2D eigenvalue weighted by molar-refractivity contribution is 0.0844. The molecule has 1 saturated carbocycles. The minimum Gasteiger partial charge on any atom is -0.453 e. The van der Waals surface area contributed by atoms with Crippen LogP contribution in [0.15, 0.2) is 28.7 Å². The van der Waals surface area contributed by atoms with Gasteiger partial charge in [0.05, 0.1) is 0 Å². The molecule has 0 radical (unpaired) electrons. The number of benzene rings is 1. The zero-order valence-electron chi connectivity index (χ0n) is 10.6. The third-order valence-electron chi connectivity index (χ3n) is 3.88. The second-order valence-electron chi connectivity index (χ2n) is 5.21. The average Bonchev–Trinajstić information content (AvgIpc) is 2.81. The Balaban J connectivity index is 1.92. The quantitative estimate of drug-likeness (QED) is 0.844. The molecule has 3 nitrogen and oxygen atoms in total. The van der Waals surface area contributed by atoms with Gasteiger partial charge in [-0.15, -0.1) is 0 Å². The molecule has 1 heterocycles. The number of rotatable bonds is 2. The highest BCUT2D eigenvalue weighted by molar-refractivity contribution is 5.99. The molecule has 0 aliphatic heterocycles. The normalized spacial score (nSPS) is 23.7. The van der Waals surface area contributed by atoms with Crippen LogP contribution in [-0.4, -0.2) is 11.8 Å². The highest BCUT2D eigenvalue weighted by Gasteiger charge is 2.30. The van der Waals surface area contributed by atoms with Gasteiger partial charge in [0.15, 0.2) is 5.76 Å². The number of ketones is 1. The number of hydrogen-bond acceptors (Lipinski definition) is 3. The Kier molecular flexibility index (Phi) is 3.11. The molecule has 1 aromatic carbocycles. The molecule has 4 heteroatoms. The molecular weight excluding hydrogens is 245 g/mol. The largest absolute Gasteiger partial charge is 0.453 e. The summed E-state index contributed by atoms with van der Waals surface area (Å²) in [6, 6.07) is 5.76. The maximum atomic E-state index is 13.1. The number of fused-ring (bicyclic) bond motifs is 1. The molecule has 2 aromatic rings. The topological polar surface area (TPSA) is 56.2 Å². The summed E-state index contributed by atoms with van der Waals surface area (Å²) in [5.41, 5.74) is 6.55. The van der Waals surface area contributed by atoms with E-state index < -0.39 is 0 Å². The predicted octanol–water partition coefficient (Wildman–Crippen LogP) is 3.27. The molecule has 2 N–H and O–H groups in total. The van der Waals surface area contributed by atoms with E-state index in [2.05, 4.69) is 0 Å². The third kappa shape index (κ3) is 2.28. The Bertz CT molecular complexity index is 620. The van der Waals surface area contributed by atoms with E-state index >= 15 is 0 Å². The van der Waals surface area contributed by atoms with E-state index in [4.69, 9.17) is 10.2 Å². The van der Waals surface area contributed by atoms with Gasteiger partial charge in [-0.1, -0.05) is 12.8 Å². The third-order valence-corrected chi connectivity index (χ3v) is 3.88. The van der Waals surface area contributed by atoms with Crippen LogP contribution in [0.3, 0.4) is 0 Å². The van der Waals surface area contributed by atoms with Gasteiger partial charge in [-0.3, -0.25) is 4.79 Å². The summed E-state index contributed by atoms with van der Waals surface area (Å²) >= 11 is 0. The first-order chi connectivity index (χ1) is 9.15. The molecule has 0 amide bonds. The number of furan rings is 1. The lowest BCUT2D eigenvalue weighted by atomic mass is 9.81. The van der Waals surface area contributed by atoms with Crippen molar-refractivity contribution in [2.45, 2.75) is 31.7 Å². The first kappa shape index (κ1) is 12.4. The van der Waals surface area contributed by atoms with Crippen LogP contribution in [-0.2, 0) is 0 Å². The Morgan fingerprint density at radius 2 is 2.05 bits per heavy atom. The molecular formula is C15H16FNO2. The Morgan fingerprint density at radius 3 is 2.84 bits per heavy atom. The van der Waals surface area contributed by atoms with Crippen molar-refractivity contribution in [1.29, 1.82) is 0 Å². The monoisotopic (exact) mass is 261 g/mol. The van der Waals surface area contributed by atoms with Crippen LogP contribution in [0.5, 0.6) is 0 Å². The van der Waals surface area contributed by atoms with E-state index in [9.17, 15) is 9.18 Å².